The number of aliphatic hydroxyl groups is 1. The molecule has 6 heteroatoms. The maximum Gasteiger partial charge on any atom is 0.137 e. The zero-order valence-corrected chi connectivity index (χ0v) is 12.5. The van der Waals surface area contributed by atoms with E-state index < -0.39 is 23.6 Å². The molecule has 0 saturated carbocycles. The smallest absolute Gasteiger partial charge is 0.137 e. The number of halogens is 5. The summed E-state index contributed by atoms with van der Waals surface area (Å²) in [5.74, 6) is -2.06. The first-order valence-corrected chi connectivity index (χ1v) is 6.75. The molecule has 0 radical (unpaired) electrons. The van der Waals surface area contributed by atoms with Crippen LogP contribution in [0.5, 0.6) is 0 Å². The van der Waals surface area contributed by atoms with Gasteiger partial charge in [0.15, 0.2) is 0 Å². The van der Waals surface area contributed by atoms with Gasteiger partial charge in [0.25, 0.3) is 0 Å². The van der Waals surface area contributed by atoms with Gasteiger partial charge in [0.2, 0.25) is 0 Å². The number of hydrogen-bond acceptors (Lipinski definition) is 1. The lowest BCUT2D eigenvalue weighted by Crippen LogP contribution is -2.04. The Morgan fingerprint density at radius 2 is 1.58 bits per heavy atom. The van der Waals surface area contributed by atoms with Gasteiger partial charge >= 0.3 is 0 Å². The van der Waals surface area contributed by atoms with E-state index in [-0.39, 0.29) is 15.6 Å². The van der Waals surface area contributed by atoms with E-state index in [2.05, 4.69) is 31.9 Å². The van der Waals surface area contributed by atoms with Gasteiger partial charge in [-0.05, 0) is 51.8 Å². The minimum absolute atomic E-state index is 0.0404. The van der Waals surface area contributed by atoms with Crippen molar-refractivity contribution in [3.8, 4) is 0 Å². The lowest BCUT2D eigenvalue weighted by molar-refractivity contribution is 0.213. The minimum atomic E-state index is -1.45. The second-order valence-electron chi connectivity index (χ2n) is 3.89. The van der Waals surface area contributed by atoms with E-state index >= 15 is 0 Å². The van der Waals surface area contributed by atoms with Crippen molar-refractivity contribution >= 4 is 31.9 Å². The van der Waals surface area contributed by atoms with Gasteiger partial charge < -0.3 is 5.11 Å². The van der Waals surface area contributed by atoms with Crippen LogP contribution < -0.4 is 0 Å². The summed E-state index contributed by atoms with van der Waals surface area (Å²) in [6.45, 7) is 0. The molecule has 19 heavy (non-hydrogen) atoms. The molecule has 0 bridgehead atoms. The molecule has 1 atom stereocenters. The van der Waals surface area contributed by atoms with Crippen LogP contribution in [0, 0.1) is 17.5 Å². The van der Waals surface area contributed by atoms with Crippen molar-refractivity contribution in [2.75, 3.05) is 0 Å². The van der Waals surface area contributed by atoms with Crippen molar-refractivity contribution in [2.24, 2.45) is 0 Å². The van der Waals surface area contributed by atoms with Crippen LogP contribution in [0.1, 0.15) is 17.2 Å². The molecule has 2 aromatic rings. The Balaban J connectivity index is 2.49. The Morgan fingerprint density at radius 1 is 0.895 bits per heavy atom. The van der Waals surface area contributed by atoms with Crippen molar-refractivity contribution in [3.05, 3.63) is 67.9 Å². The van der Waals surface area contributed by atoms with Crippen LogP contribution >= 0.6 is 31.9 Å². The Bertz CT molecular complexity index is 611. The molecule has 0 amide bonds. The SMILES string of the molecule is OC(c1cc(F)cc(Br)c1)c1cc(F)c(Br)cc1F. The normalized spacial score (nSPS) is 12.5. The van der Waals surface area contributed by atoms with Crippen LogP contribution in [0.2, 0.25) is 0 Å². The summed E-state index contributed by atoms with van der Waals surface area (Å²) in [6.07, 6.45) is -1.45. The maximum absolute atomic E-state index is 13.7. The molecule has 0 aliphatic heterocycles. The fraction of sp³-hybridized carbons (Fsp3) is 0.0769. The molecule has 0 saturated heterocycles. The zero-order chi connectivity index (χ0) is 14.2. The Hall–Kier alpha value is -0.850. The van der Waals surface area contributed by atoms with Gasteiger partial charge in [-0.2, -0.15) is 0 Å². The van der Waals surface area contributed by atoms with Crippen LogP contribution in [0.3, 0.4) is 0 Å². The average molecular weight is 396 g/mol. The first-order valence-electron chi connectivity index (χ1n) is 5.17. The molecule has 0 spiro atoms. The van der Waals surface area contributed by atoms with Crippen LogP contribution in [-0.2, 0) is 0 Å². The highest BCUT2D eigenvalue weighted by molar-refractivity contribution is 9.10. The second kappa shape index (κ2) is 5.64. The highest BCUT2D eigenvalue weighted by atomic mass is 79.9. The maximum atomic E-state index is 13.7. The van der Waals surface area contributed by atoms with Gasteiger partial charge in [-0.1, -0.05) is 15.9 Å². The fourth-order valence-corrected chi connectivity index (χ4v) is 2.46. The third kappa shape index (κ3) is 3.19. The van der Waals surface area contributed by atoms with Crippen LogP contribution in [0.25, 0.3) is 0 Å². The van der Waals surface area contributed by atoms with Crippen molar-refractivity contribution < 1.29 is 18.3 Å². The van der Waals surface area contributed by atoms with Crippen LogP contribution in [-0.4, -0.2) is 5.11 Å². The molecule has 0 aromatic heterocycles. The highest BCUT2D eigenvalue weighted by Gasteiger charge is 2.18. The summed E-state index contributed by atoms with van der Waals surface area (Å²) in [5, 5.41) is 10.0. The largest absolute Gasteiger partial charge is 0.384 e. The van der Waals surface area contributed by atoms with E-state index in [1.54, 1.807) is 0 Å². The summed E-state index contributed by atoms with van der Waals surface area (Å²) < 4.78 is 40.7. The van der Waals surface area contributed by atoms with Gasteiger partial charge in [0.1, 0.15) is 23.6 Å². The summed E-state index contributed by atoms with van der Waals surface area (Å²) >= 11 is 5.92. The van der Waals surface area contributed by atoms with Crippen molar-refractivity contribution in [1.82, 2.24) is 0 Å². The molecular formula is C13H7Br2F3O. The van der Waals surface area contributed by atoms with E-state index in [0.29, 0.717) is 4.47 Å². The number of hydrogen-bond donors (Lipinski definition) is 1. The molecular weight excluding hydrogens is 389 g/mol. The van der Waals surface area contributed by atoms with Crippen molar-refractivity contribution in [2.45, 2.75) is 6.10 Å². The lowest BCUT2D eigenvalue weighted by Gasteiger charge is -2.13. The molecule has 0 aliphatic rings. The van der Waals surface area contributed by atoms with E-state index in [4.69, 9.17) is 0 Å². The average Bonchev–Trinajstić information content (AvgIpc) is 2.31. The Morgan fingerprint density at radius 3 is 2.21 bits per heavy atom. The predicted octanol–water partition coefficient (Wildman–Crippen LogP) is 4.71. The zero-order valence-electron chi connectivity index (χ0n) is 9.30. The Kier molecular flexibility index (Phi) is 4.32. The lowest BCUT2D eigenvalue weighted by atomic mass is 10.0. The Labute approximate surface area is 124 Å². The van der Waals surface area contributed by atoms with Gasteiger partial charge in [-0.3, -0.25) is 0 Å². The summed E-state index contributed by atoms with van der Waals surface area (Å²) in [5.41, 5.74) is -0.120. The molecule has 0 aliphatic carbocycles. The molecule has 0 heterocycles. The quantitative estimate of drug-likeness (QED) is 0.730. The van der Waals surface area contributed by atoms with E-state index in [0.717, 1.165) is 18.2 Å². The van der Waals surface area contributed by atoms with Crippen molar-refractivity contribution in [3.63, 3.8) is 0 Å². The van der Waals surface area contributed by atoms with Crippen molar-refractivity contribution in [1.29, 1.82) is 0 Å². The third-order valence-electron chi connectivity index (χ3n) is 2.53. The summed E-state index contributed by atoms with van der Waals surface area (Å²) in [6, 6.07) is 5.50. The van der Waals surface area contributed by atoms with Crippen LogP contribution in [0.15, 0.2) is 39.3 Å². The first-order chi connectivity index (χ1) is 8.88. The molecule has 2 rings (SSSR count). The monoisotopic (exact) mass is 394 g/mol. The topological polar surface area (TPSA) is 20.2 Å². The van der Waals surface area contributed by atoms with E-state index in [1.165, 1.54) is 12.1 Å². The standard InChI is InChI=1S/C13H7Br2F3O/c14-7-1-6(2-8(16)3-7)13(19)9-4-12(18)10(15)5-11(9)17/h1-5,13,19H. The molecule has 1 unspecified atom stereocenters. The number of rotatable bonds is 2. The van der Waals surface area contributed by atoms with E-state index in [1.807, 2.05) is 0 Å². The minimum Gasteiger partial charge on any atom is -0.384 e. The van der Waals surface area contributed by atoms with E-state index in [9.17, 15) is 18.3 Å². The third-order valence-corrected chi connectivity index (χ3v) is 3.60. The predicted molar refractivity (Wildman–Crippen MR) is 72.2 cm³/mol. The summed E-state index contributed by atoms with van der Waals surface area (Å²) in [7, 11) is 0. The van der Waals surface area contributed by atoms with Gasteiger partial charge in [-0.25, -0.2) is 13.2 Å². The first kappa shape index (κ1) is 14.6. The fourth-order valence-electron chi connectivity index (χ4n) is 1.66. The number of aliphatic hydroxyl groups excluding tert-OH is 1. The van der Waals surface area contributed by atoms with Gasteiger partial charge in [0, 0.05) is 10.0 Å². The molecule has 0 fully saturated rings. The summed E-state index contributed by atoms with van der Waals surface area (Å²) in [4.78, 5) is 0. The molecule has 1 nitrogen and oxygen atoms in total. The van der Waals surface area contributed by atoms with Gasteiger partial charge in [0.05, 0.1) is 4.47 Å². The number of benzene rings is 2. The molecule has 100 valence electrons. The molecule has 1 N–H and O–H groups in total. The van der Waals surface area contributed by atoms with Gasteiger partial charge in [-0.15, -0.1) is 0 Å². The highest BCUT2D eigenvalue weighted by Crippen LogP contribution is 2.30. The molecule has 2 aromatic carbocycles. The van der Waals surface area contributed by atoms with Crippen LogP contribution in [0.4, 0.5) is 13.2 Å². The second-order valence-corrected chi connectivity index (χ2v) is 5.66.